The number of carbonyl (C=O) groups excluding carboxylic acids is 1. The number of rotatable bonds is 6. The van der Waals surface area contributed by atoms with Gasteiger partial charge in [-0.25, -0.2) is 17.9 Å². The second-order valence-electron chi connectivity index (χ2n) is 5.65. The Morgan fingerprint density at radius 2 is 2.08 bits per heavy atom. The zero-order valence-corrected chi connectivity index (χ0v) is 15.9. The van der Waals surface area contributed by atoms with E-state index in [2.05, 4.69) is 16.1 Å². The quantitative estimate of drug-likeness (QED) is 0.720. The number of furan rings is 1. The molecule has 3 rings (SSSR count). The summed E-state index contributed by atoms with van der Waals surface area (Å²) in [6, 6.07) is 10.4. The number of ether oxygens (including phenoxy) is 1. The minimum Gasteiger partial charge on any atom is -0.460 e. The molecule has 1 atom stereocenters. The average Bonchev–Trinajstić information content (AvgIpc) is 3.11. The summed E-state index contributed by atoms with van der Waals surface area (Å²) >= 11 is 0. The van der Waals surface area contributed by atoms with E-state index in [1.54, 1.807) is 6.92 Å². The van der Waals surface area contributed by atoms with Gasteiger partial charge in [0.15, 0.2) is 0 Å². The molecule has 0 aliphatic carbocycles. The topological polar surface area (TPSA) is 97.6 Å². The smallest absolute Gasteiger partial charge is 0.374 e. The minimum absolute atomic E-state index is 0. The van der Waals surface area contributed by atoms with E-state index in [0.29, 0.717) is 0 Å². The Morgan fingerprint density at radius 1 is 1.31 bits per heavy atom. The Balaban J connectivity index is 0.00000243. The third-order valence-corrected chi connectivity index (χ3v) is 5.31. The first kappa shape index (κ1) is 20.4. The summed E-state index contributed by atoms with van der Waals surface area (Å²) in [4.78, 5) is 11.6. The number of hydrogen-bond donors (Lipinski definition) is 2. The summed E-state index contributed by atoms with van der Waals surface area (Å²) < 4.78 is 37.2. The molecule has 0 bridgehead atoms. The van der Waals surface area contributed by atoms with Crippen LogP contribution in [0.5, 0.6) is 0 Å². The van der Waals surface area contributed by atoms with Crippen LogP contribution in [0.3, 0.4) is 0 Å². The predicted molar refractivity (Wildman–Crippen MR) is 98.0 cm³/mol. The predicted octanol–water partition coefficient (Wildman–Crippen LogP) is 2.04. The molecule has 2 aromatic rings. The van der Waals surface area contributed by atoms with Crippen molar-refractivity contribution in [3.63, 3.8) is 0 Å². The Hall–Kier alpha value is -1.87. The molecule has 9 heteroatoms. The number of esters is 1. The van der Waals surface area contributed by atoms with Gasteiger partial charge in [0.05, 0.1) is 6.61 Å². The molecule has 0 fully saturated rings. The largest absolute Gasteiger partial charge is 0.460 e. The third kappa shape index (κ3) is 4.45. The molecular formula is C17H21ClN2O5S. The van der Waals surface area contributed by atoms with E-state index in [9.17, 15) is 13.2 Å². The number of benzene rings is 1. The van der Waals surface area contributed by atoms with E-state index in [0.717, 1.165) is 18.5 Å². The first-order chi connectivity index (χ1) is 12.0. The van der Waals surface area contributed by atoms with E-state index < -0.39 is 16.0 Å². The fourth-order valence-corrected chi connectivity index (χ4v) is 3.79. The molecule has 0 saturated carbocycles. The Labute approximate surface area is 158 Å². The van der Waals surface area contributed by atoms with Crippen LogP contribution in [0.15, 0.2) is 45.9 Å². The van der Waals surface area contributed by atoms with Crippen LogP contribution in [-0.2, 0) is 21.2 Å². The normalized spacial score (nSPS) is 16.4. The lowest BCUT2D eigenvalue weighted by Gasteiger charge is -2.26. The summed E-state index contributed by atoms with van der Waals surface area (Å²) in [7, 11) is -3.85. The first-order valence-corrected chi connectivity index (χ1v) is 9.57. The van der Waals surface area contributed by atoms with Gasteiger partial charge in [0.25, 0.3) is 10.0 Å². The van der Waals surface area contributed by atoms with Gasteiger partial charge in [-0.2, -0.15) is 0 Å². The molecule has 1 aliphatic heterocycles. The van der Waals surface area contributed by atoms with E-state index in [1.807, 2.05) is 18.2 Å². The van der Waals surface area contributed by atoms with Crippen molar-refractivity contribution < 1.29 is 22.4 Å². The molecule has 1 unspecified atom stereocenters. The van der Waals surface area contributed by atoms with Gasteiger partial charge in [-0.1, -0.05) is 24.3 Å². The number of carbonyl (C=O) groups is 1. The van der Waals surface area contributed by atoms with Crippen LogP contribution in [0.4, 0.5) is 0 Å². The van der Waals surface area contributed by atoms with Crippen LogP contribution in [0, 0.1) is 0 Å². The van der Waals surface area contributed by atoms with Gasteiger partial charge in [0.2, 0.25) is 10.9 Å². The van der Waals surface area contributed by atoms with Crippen LogP contribution < -0.4 is 10.0 Å². The zero-order valence-electron chi connectivity index (χ0n) is 14.2. The van der Waals surface area contributed by atoms with Crippen molar-refractivity contribution in [2.75, 3.05) is 19.7 Å². The molecule has 2 heterocycles. The SMILES string of the molecule is CCOC(=O)c1ccc(S(=O)(=O)NCC2NCCc3ccccc32)o1.Cl. The minimum atomic E-state index is -3.85. The molecular weight excluding hydrogens is 380 g/mol. The number of halogens is 1. The maximum absolute atomic E-state index is 12.4. The molecule has 2 N–H and O–H groups in total. The van der Waals surface area contributed by atoms with Gasteiger partial charge in [-0.3, -0.25) is 0 Å². The fraction of sp³-hybridized carbons (Fsp3) is 0.353. The van der Waals surface area contributed by atoms with Gasteiger partial charge in [-0.15, -0.1) is 12.4 Å². The van der Waals surface area contributed by atoms with E-state index >= 15 is 0 Å². The van der Waals surface area contributed by atoms with Crippen molar-refractivity contribution in [1.82, 2.24) is 10.0 Å². The van der Waals surface area contributed by atoms with Crippen LogP contribution in [0.2, 0.25) is 0 Å². The van der Waals surface area contributed by atoms with Gasteiger partial charge in [0, 0.05) is 12.6 Å². The highest BCUT2D eigenvalue weighted by molar-refractivity contribution is 7.89. The van der Waals surface area contributed by atoms with Crippen LogP contribution >= 0.6 is 12.4 Å². The van der Waals surface area contributed by atoms with Crippen molar-refractivity contribution in [1.29, 1.82) is 0 Å². The zero-order chi connectivity index (χ0) is 17.9. The lowest BCUT2D eigenvalue weighted by Crippen LogP contribution is -2.38. The van der Waals surface area contributed by atoms with Crippen molar-refractivity contribution >= 4 is 28.4 Å². The average molecular weight is 401 g/mol. The molecule has 0 spiro atoms. The number of nitrogens with one attached hydrogen (secondary N) is 2. The van der Waals surface area contributed by atoms with Crippen LogP contribution in [-0.4, -0.2) is 34.1 Å². The summed E-state index contributed by atoms with van der Waals surface area (Å²) in [5, 5.41) is 3.00. The lowest BCUT2D eigenvalue weighted by atomic mass is 9.95. The Bertz CT molecular complexity index is 866. The maximum Gasteiger partial charge on any atom is 0.374 e. The highest BCUT2D eigenvalue weighted by Crippen LogP contribution is 2.23. The molecule has 1 aromatic carbocycles. The van der Waals surface area contributed by atoms with Gasteiger partial charge in [-0.05, 0) is 43.1 Å². The second kappa shape index (κ2) is 8.68. The van der Waals surface area contributed by atoms with Gasteiger partial charge < -0.3 is 14.5 Å². The Morgan fingerprint density at radius 3 is 2.85 bits per heavy atom. The summed E-state index contributed by atoms with van der Waals surface area (Å²) in [6.07, 6.45) is 0.917. The highest BCUT2D eigenvalue weighted by atomic mass is 35.5. The molecule has 0 amide bonds. The maximum atomic E-state index is 12.4. The van der Waals surface area contributed by atoms with Gasteiger partial charge >= 0.3 is 5.97 Å². The summed E-state index contributed by atoms with van der Waals surface area (Å²) in [5.74, 6) is -0.824. The standard InChI is InChI=1S/C17H20N2O5S.ClH/c1-2-23-17(20)15-7-8-16(24-15)25(21,22)19-11-14-13-6-4-3-5-12(13)9-10-18-14;/h3-8,14,18-19H,2,9-11H2,1H3;1H. The number of fused-ring (bicyclic) bond motifs is 1. The Kier molecular flexibility index (Phi) is 6.82. The van der Waals surface area contributed by atoms with Crippen molar-refractivity contribution in [3.8, 4) is 0 Å². The van der Waals surface area contributed by atoms with Crippen molar-refractivity contribution in [2.24, 2.45) is 0 Å². The highest BCUT2D eigenvalue weighted by Gasteiger charge is 2.25. The molecule has 0 saturated heterocycles. The monoisotopic (exact) mass is 400 g/mol. The second-order valence-corrected chi connectivity index (χ2v) is 7.34. The van der Waals surface area contributed by atoms with Crippen LogP contribution in [0.25, 0.3) is 0 Å². The van der Waals surface area contributed by atoms with E-state index in [1.165, 1.54) is 17.7 Å². The first-order valence-electron chi connectivity index (χ1n) is 8.09. The fourth-order valence-electron chi connectivity index (χ4n) is 2.82. The summed E-state index contributed by atoms with van der Waals surface area (Å²) in [6.45, 7) is 2.83. The molecule has 0 radical (unpaired) electrons. The van der Waals surface area contributed by atoms with Crippen molar-refractivity contribution in [3.05, 3.63) is 53.3 Å². The van der Waals surface area contributed by atoms with E-state index in [4.69, 9.17) is 9.15 Å². The number of hydrogen-bond acceptors (Lipinski definition) is 6. The van der Waals surface area contributed by atoms with Crippen molar-refractivity contribution in [2.45, 2.75) is 24.5 Å². The molecule has 26 heavy (non-hydrogen) atoms. The molecule has 1 aromatic heterocycles. The van der Waals surface area contributed by atoms with Gasteiger partial charge in [0.1, 0.15) is 0 Å². The molecule has 1 aliphatic rings. The molecule has 7 nitrogen and oxygen atoms in total. The lowest BCUT2D eigenvalue weighted by molar-refractivity contribution is 0.0484. The van der Waals surface area contributed by atoms with E-state index in [-0.39, 0.29) is 42.5 Å². The molecule has 142 valence electrons. The summed E-state index contributed by atoms with van der Waals surface area (Å²) in [5.41, 5.74) is 2.30. The third-order valence-electron chi connectivity index (χ3n) is 4.02. The number of sulfonamides is 1. The van der Waals surface area contributed by atoms with Crippen LogP contribution in [0.1, 0.15) is 34.6 Å².